The molecule has 1 aromatic carbocycles. The summed E-state index contributed by atoms with van der Waals surface area (Å²) in [5, 5.41) is 2.69. The summed E-state index contributed by atoms with van der Waals surface area (Å²) in [5.41, 5.74) is 6.10. The number of ether oxygens (including phenoxy) is 1. The van der Waals surface area contributed by atoms with Gasteiger partial charge < -0.3 is 15.8 Å². The van der Waals surface area contributed by atoms with Crippen molar-refractivity contribution in [3.63, 3.8) is 0 Å². The molecule has 0 aliphatic heterocycles. The molecule has 4 nitrogen and oxygen atoms in total. The molecule has 0 heterocycles. The van der Waals surface area contributed by atoms with Crippen LogP contribution in [0.15, 0.2) is 18.2 Å². The highest BCUT2D eigenvalue weighted by molar-refractivity contribution is 5.81. The molecule has 0 saturated heterocycles. The van der Waals surface area contributed by atoms with Crippen LogP contribution in [0, 0.1) is 5.82 Å². The fourth-order valence-corrected chi connectivity index (χ4v) is 1.38. The maximum absolute atomic E-state index is 13.4. The molecule has 3 N–H and O–H groups in total. The molecular weight excluding hydrogens is 223 g/mol. The van der Waals surface area contributed by atoms with Crippen molar-refractivity contribution in [1.82, 2.24) is 5.32 Å². The molecule has 1 aromatic rings. The molecular formula is C12H17FN2O2. The molecule has 94 valence electrons. The van der Waals surface area contributed by atoms with Crippen LogP contribution in [0.3, 0.4) is 0 Å². The first kappa shape index (κ1) is 13.4. The Morgan fingerprint density at radius 1 is 1.47 bits per heavy atom. The zero-order valence-electron chi connectivity index (χ0n) is 10.2. The second-order valence-corrected chi connectivity index (χ2v) is 3.91. The molecule has 0 aliphatic carbocycles. The van der Waals surface area contributed by atoms with Crippen molar-refractivity contribution in [2.24, 2.45) is 5.73 Å². The van der Waals surface area contributed by atoms with Crippen LogP contribution in [0.5, 0.6) is 5.75 Å². The third-order valence-corrected chi connectivity index (χ3v) is 2.45. The van der Waals surface area contributed by atoms with E-state index in [-0.39, 0.29) is 17.7 Å². The van der Waals surface area contributed by atoms with Crippen LogP contribution < -0.4 is 15.8 Å². The average molecular weight is 240 g/mol. The van der Waals surface area contributed by atoms with Crippen molar-refractivity contribution in [2.45, 2.75) is 25.9 Å². The number of rotatable bonds is 4. The second-order valence-electron chi connectivity index (χ2n) is 3.91. The van der Waals surface area contributed by atoms with Gasteiger partial charge in [-0.3, -0.25) is 4.79 Å². The van der Waals surface area contributed by atoms with E-state index < -0.39 is 11.9 Å². The van der Waals surface area contributed by atoms with Gasteiger partial charge in [-0.1, -0.05) is 6.07 Å². The highest BCUT2D eigenvalue weighted by Gasteiger charge is 2.14. The molecule has 0 aliphatic rings. The standard InChI is InChI=1S/C12H17FN2O2/c1-7(14)12(16)15-8(2)9-4-5-11(17-3)10(13)6-9/h4-8H,14H2,1-3H3,(H,15,16)/t7-,8?/m0/s1. The lowest BCUT2D eigenvalue weighted by Crippen LogP contribution is -2.39. The van der Waals surface area contributed by atoms with E-state index in [0.29, 0.717) is 5.56 Å². The van der Waals surface area contributed by atoms with E-state index in [0.717, 1.165) is 0 Å². The highest BCUT2D eigenvalue weighted by atomic mass is 19.1. The predicted octanol–water partition coefficient (Wildman–Crippen LogP) is 1.36. The summed E-state index contributed by atoms with van der Waals surface area (Å²) < 4.78 is 18.3. The number of carbonyl (C=O) groups excluding carboxylic acids is 1. The Balaban J connectivity index is 2.79. The Morgan fingerprint density at radius 2 is 2.12 bits per heavy atom. The molecule has 17 heavy (non-hydrogen) atoms. The van der Waals surface area contributed by atoms with Crippen LogP contribution in [-0.4, -0.2) is 19.1 Å². The first-order valence-electron chi connectivity index (χ1n) is 5.35. The van der Waals surface area contributed by atoms with Crippen molar-refractivity contribution < 1.29 is 13.9 Å². The number of hydrogen-bond donors (Lipinski definition) is 2. The Labute approximate surface area is 100.0 Å². The van der Waals surface area contributed by atoms with Crippen LogP contribution in [0.2, 0.25) is 0 Å². The summed E-state index contributed by atoms with van der Waals surface area (Å²) in [4.78, 5) is 11.4. The smallest absolute Gasteiger partial charge is 0.237 e. The summed E-state index contributed by atoms with van der Waals surface area (Å²) in [6.45, 7) is 3.36. The van der Waals surface area contributed by atoms with Gasteiger partial charge in [0.1, 0.15) is 0 Å². The van der Waals surface area contributed by atoms with E-state index in [1.54, 1.807) is 19.9 Å². The summed E-state index contributed by atoms with van der Waals surface area (Å²) in [6.07, 6.45) is 0. The number of benzene rings is 1. The maximum atomic E-state index is 13.4. The molecule has 2 atom stereocenters. The van der Waals surface area contributed by atoms with Gasteiger partial charge in [-0.15, -0.1) is 0 Å². The first-order chi connectivity index (χ1) is 7.95. The van der Waals surface area contributed by atoms with Crippen molar-refractivity contribution >= 4 is 5.91 Å². The summed E-state index contributed by atoms with van der Waals surface area (Å²) in [6, 6.07) is 3.69. The predicted molar refractivity (Wildman–Crippen MR) is 63.2 cm³/mol. The van der Waals surface area contributed by atoms with Gasteiger partial charge in [0.2, 0.25) is 5.91 Å². The quantitative estimate of drug-likeness (QED) is 0.835. The topological polar surface area (TPSA) is 64.3 Å². The summed E-state index contributed by atoms with van der Waals surface area (Å²) >= 11 is 0. The molecule has 0 saturated carbocycles. The Bertz CT molecular complexity index is 407. The van der Waals surface area contributed by atoms with Gasteiger partial charge in [-0.05, 0) is 31.5 Å². The lowest BCUT2D eigenvalue weighted by Gasteiger charge is -2.16. The fourth-order valence-electron chi connectivity index (χ4n) is 1.38. The van der Waals surface area contributed by atoms with E-state index in [4.69, 9.17) is 10.5 Å². The van der Waals surface area contributed by atoms with Gasteiger partial charge in [0.15, 0.2) is 11.6 Å². The lowest BCUT2D eigenvalue weighted by atomic mass is 10.1. The van der Waals surface area contributed by atoms with Crippen molar-refractivity contribution in [3.8, 4) is 5.75 Å². The van der Waals surface area contributed by atoms with Crippen molar-refractivity contribution in [3.05, 3.63) is 29.6 Å². The normalized spacial score (nSPS) is 13.9. The van der Waals surface area contributed by atoms with Gasteiger partial charge in [0.25, 0.3) is 0 Å². The molecule has 0 radical (unpaired) electrons. The van der Waals surface area contributed by atoms with E-state index in [9.17, 15) is 9.18 Å². The van der Waals surface area contributed by atoms with Gasteiger partial charge in [0.05, 0.1) is 19.2 Å². The minimum absolute atomic E-state index is 0.180. The fraction of sp³-hybridized carbons (Fsp3) is 0.417. The SMILES string of the molecule is COc1ccc(C(C)NC(=O)[C@H](C)N)cc1F. The average Bonchev–Trinajstić information content (AvgIpc) is 2.28. The summed E-state index contributed by atoms with van der Waals surface area (Å²) in [7, 11) is 1.40. The maximum Gasteiger partial charge on any atom is 0.237 e. The number of carbonyl (C=O) groups is 1. The second kappa shape index (κ2) is 5.63. The number of amides is 1. The minimum atomic E-state index is -0.583. The number of nitrogens with two attached hydrogens (primary N) is 1. The van der Waals surface area contributed by atoms with Gasteiger partial charge in [0, 0.05) is 0 Å². The zero-order chi connectivity index (χ0) is 13.0. The van der Waals surface area contributed by atoms with Gasteiger partial charge in [-0.25, -0.2) is 4.39 Å². The van der Waals surface area contributed by atoms with E-state index in [2.05, 4.69) is 5.32 Å². The minimum Gasteiger partial charge on any atom is -0.494 e. The van der Waals surface area contributed by atoms with E-state index in [1.807, 2.05) is 0 Å². The van der Waals surface area contributed by atoms with Gasteiger partial charge >= 0.3 is 0 Å². The zero-order valence-corrected chi connectivity index (χ0v) is 10.2. The first-order valence-corrected chi connectivity index (χ1v) is 5.35. The lowest BCUT2D eigenvalue weighted by molar-refractivity contribution is -0.122. The summed E-state index contributed by atoms with van der Waals surface area (Å²) in [5.74, 6) is -0.542. The van der Waals surface area contributed by atoms with Crippen LogP contribution in [0.1, 0.15) is 25.5 Å². The van der Waals surface area contributed by atoms with E-state index in [1.165, 1.54) is 19.2 Å². The van der Waals surface area contributed by atoms with Gasteiger partial charge in [-0.2, -0.15) is 0 Å². The largest absolute Gasteiger partial charge is 0.494 e. The molecule has 0 aromatic heterocycles. The third-order valence-electron chi connectivity index (χ3n) is 2.45. The molecule has 0 bridgehead atoms. The molecule has 1 amide bonds. The Kier molecular flexibility index (Phi) is 4.45. The molecule has 0 spiro atoms. The number of nitrogens with one attached hydrogen (secondary N) is 1. The number of methoxy groups -OCH3 is 1. The molecule has 0 fully saturated rings. The highest BCUT2D eigenvalue weighted by Crippen LogP contribution is 2.21. The van der Waals surface area contributed by atoms with Crippen molar-refractivity contribution in [2.75, 3.05) is 7.11 Å². The van der Waals surface area contributed by atoms with Crippen molar-refractivity contribution in [1.29, 1.82) is 0 Å². The monoisotopic (exact) mass is 240 g/mol. The number of halogens is 1. The van der Waals surface area contributed by atoms with E-state index >= 15 is 0 Å². The van der Waals surface area contributed by atoms with Crippen LogP contribution in [0.4, 0.5) is 4.39 Å². The third kappa shape index (κ3) is 3.42. The number of hydrogen-bond acceptors (Lipinski definition) is 3. The Morgan fingerprint density at radius 3 is 2.59 bits per heavy atom. The molecule has 1 rings (SSSR count). The molecule has 1 unspecified atom stereocenters. The van der Waals surface area contributed by atoms with Crippen LogP contribution in [0.25, 0.3) is 0 Å². The van der Waals surface area contributed by atoms with Crippen LogP contribution in [-0.2, 0) is 4.79 Å². The molecule has 5 heteroatoms. The van der Waals surface area contributed by atoms with Crippen LogP contribution >= 0.6 is 0 Å². The Hall–Kier alpha value is -1.62.